The van der Waals surface area contributed by atoms with E-state index in [2.05, 4.69) is 55.6 Å². The van der Waals surface area contributed by atoms with E-state index in [1.807, 2.05) is 0 Å². The SMILES string of the molecule is CN1C2CCC1CC(NC(=O)CC1CC3(CCN(Cc4ccc5c(c4)Nc4nccnc4S5)CC3)C1)C2. The minimum absolute atomic E-state index is 0.305. The van der Waals surface area contributed by atoms with Gasteiger partial charge in [-0.1, -0.05) is 17.8 Å². The predicted octanol–water partition coefficient (Wildman–Crippen LogP) is 4.81. The maximum Gasteiger partial charge on any atom is 0.220 e. The Balaban J connectivity index is 0.863. The van der Waals surface area contributed by atoms with Crippen molar-refractivity contribution in [2.24, 2.45) is 11.3 Å². The van der Waals surface area contributed by atoms with Gasteiger partial charge in [0, 0.05) is 48.4 Å². The van der Waals surface area contributed by atoms with Gasteiger partial charge in [-0.3, -0.25) is 9.69 Å². The molecule has 1 saturated carbocycles. The molecule has 2 atom stereocenters. The number of fused-ring (bicyclic) bond motifs is 4. The quantitative estimate of drug-likeness (QED) is 0.502. The molecular formula is C29H38N6OS. The molecule has 2 unspecified atom stereocenters. The molecule has 2 N–H and O–H groups in total. The topological polar surface area (TPSA) is 73.4 Å². The summed E-state index contributed by atoms with van der Waals surface area (Å²) in [6.45, 7) is 3.31. The molecule has 196 valence electrons. The highest BCUT2D eigenvalue weighted by atomic mass is 32.2. The molecule has 7 rings (SSSR count). The van der Waals surface area contributed by atoms with Crippen LogP contribution >= 0.6 is 11.8 Å². The molecule has 0 radical (unpaired) electrons. The summed E-state index contributed by atoms with van der Waals surface area (Å²) in [6.07, 6.45) is 14.1. The second-order valence-electron chi connectivity index (χ2n) is 12.3. The van der Waals surface area contributed by atoms with E-state index in [0.717, 1.165) is 55.4 Å². The lowest BCUT2D eigenvalue weighted by molar-refractivity contribution is -0.126. The van der Waals surface area contributed by atoms with Gasteiger partial charge in [-0.05, 0) is 101 Å². The molecule has 1 aromatic heterocycles. The lowest BCUT2D eigenvalue weighted by Crippen LogP contribution is -2.50. The van der Waals surface area contributed by atoms with Gasteiger partial charge in [-0.2, -0.15) is 0 Å². The van der Waals surface area contributed by atoms with E-state index in [4.69, 9.17) is 0 Å². The molecule has 4 aliphatic heterocycles. The Hall–Kier alpha value is -2.16. The van der Waals surface area contributed by atoms with Gasteiger partial charge in [0.05, 0.1) is 5.69 Å². The summed E-state index contributed by atoms with van der Waals surface area (Å²) < 4.78 is 0. The van der Waals surface area contributed by atoms with Gasteiger partial charge < -0.3 is 15.5 Å². The van der Waals surface area contributed by atoms with Crippen LogP contribution in [-0.4, -0.2) is 63.9 Å². The van der Waals surface area contributed by atoms with Crippen LogP contribution in [0.1, 0.15) is 63.4 Å². The Morgan fingerprint density at radius 2 is 1.89 bits per heavy atom. The van der Waals surface area contributed by atoms with Crippen molar-refractivity contribution in [1.82, 2.24) is 25.1 Å². The molecule has 2 bridgehead atoms. The number of carbonyl (C=O) groups is 1. The van der Waals surface area contributed by atoms with Crippen molar-refractivity contribution >= 4 is 29.2 Å². The van der Waals surface area contributed by atoms with Crippen LogP contribution < -0.4 is 10.6 Å². The number of amides is 1. The molecule has 8 heteroatoms. The molecule has 4 fully saturated rings. The first-order chi connectivity index (χ1) is 18.0. The third-order valence-electron chi connectivity index (χ3n) is 9.87. The van der Waals surface area contributed by atoms with E-state index in [0.29, 0.717) is 35.4 Å². The van der Waals surface area contributed by atoms with E-state index < -0.39 is 0 Å². The maximum absolute atomic E-state index is 12.8. The summed E-state index contributed by atoms with van der Waals surface area (Å²) in [5.74, 6) is 1.74. The number of aromatic nitrogens is 2. The van der Waals surface area contributed by atoms with Crippen LogP contribution in [0.5, 0.6) is 0 Å². The fourth-order valence-corrected chi connectivity index (χ4v) is 8.70. The Bertz CT molecular complexity index is 1160. The van der Waals surface area contributed by atoms with Gasteiger partial charge in [-0.25, -0.2) is 9.97 Å². The molecule has 37 heavy (non-hydrogen) atoms. The minimum Gasteiger partial charge on any atom is -0.353 e. The second-order valence-corrected chi connectivity index (χ2v) is 13.3. The molecule has 1 aromatic carbocycles. The zero-order valence-corrected chi connectivity index (χ0v) is 22.6. The number of likely N-dealkylation sites (tertiary alicyclic amines) is 1. The normalized spacial score (nSPS) is 28.7. The van der Waals surface area contributed by atoms with Crippen LogP contribution in [0.25, 0.3) is 0 Å². The minimum atomic E-state index is 0.305. The Kier molecular flexibility index (Phi) is 6.17. The van der Waals surface area contributed by atoms with Crippen LogP contribution in [0.2, 0.25) is 0 Å². The van der Waals surface area contributed by atoms with Crippen LogP contribution in [0.3, 0.4) is 0 Å². The molecule has 5 aliphatic rings. The third-order valence-corrected chi connectivity index (χ3v) is 10.9. The monoisotopic (exact) mass is 518 g/mol. The summed E-state index contributed by atoms with van der Waals surface area (Å²) in [5, 5.41) is 7.80. The van der Waals surface area contributed by atoms with Crippen molar-refractivity contribution in [2.75, 3.05) is 25.5 Å². The lowest BCUT2D eigenvalue weighted by atomic mass is 9.57. The Labute approximate surface area is 224 Å². The summed E-state index contributed by atoms with van der Waals surface area (Å²) in [5.41, 5.74) is 2.97. The predicted molar refractivity (Wildman–Crippen MR) is 146 cm³/mol. The van der Waals surface area contributed by atoms with Gasteiger partial charge in [-0.15, -0.1) is 0 Å². The lowest BCUT2D eigenvalue weighted by Gasteiger charge is -2.52. The second kappa shape index (κ2) is 9.54. The van der Waals surface area contributed by atoms with Gasteiger partial charge >= 0.3 is 0 Å². The Morgan fingerprint density at radius 1 is 1.14 bits per heavy atom. The molecule has 5 heterocycles. The van der Waals surface area contributed by atoms with Crippen LogP contribution in [0.15, 0.2) is 40.5 Å². The smallest absolute Gasteiger partial charge is 0.220 e. The van der Waals surface area contributed by atoms with Crippen molar-refractivity contribution < 1.29 is 4.79 Å². The van der Waals surface area contributed by atoms with Gasteiger partial charge in [0.2, 0.25) is 5.91 Å². The van der Waals surface area contributed by atoms with Crippen LogP contribution in [-0.2, 0) is 11.3 Å². The van der Waals surface area contributed by atoms with Crippen LogP contribution in [0, 0.1) is 11.3 Å². The molecular weight excluding hydrogens is 480 g/mol. The number of nitrogens with one attached hydrogen (secondary N) is 2. The third kappa shape index (κ3) is 4.77. The van der Waals surface area contributed by atoms with Gasteiger partial charge in [0.25, 0.3) is 0 Å². The van der Waals surface area contributed by atoms with Crippen molar-refractivity contribution in [1.29, 1.82) is 0 Å². The number of hydrogen-bond donors (Lipinski definition) is 2. The molecule has 1 spiro atoms. The first-order valence-electron chi connectivity index (χ1n) is 14.1. The maximum atomic E-state index is 12.8. The number of nitrogens with zero attached hydrogens (tertiary/aromatic N) is 4. The average Bonchev–Trinajstić information content (AvgIpc) is 3.08. The van der Waals surface area contributed by atoms with E-state index in [1.165, 1.54) is 49.0 Å². The van der Waals surface area contributed by atoms with E-state index in [1.54, 1.807) is 24.2 Å². The summed E-state index contributed by atoms with van der Waals surface area (Å²) in [7, 11) is 2.26. The number of hydrogen-bond acceptors (Lipinski definition) is 7. The molecule has 7 nitrogen and oxygen atoms in total. The van der Waals surface area contributed by atoms with Gasteiger partial charge in [0.15, 0.2) is 5.82 Å². The first kappa shape index (κ1) is 23.9. The summed E-state index contributed by atoms with van der Waals surface area (Å²) in [6, 6.07) is 8.51. The number of carbonyl (C=O) groups excluding carboxylic acids is 1. The Morgan fingerprint density at radius 3 is 2.68 bits per heavy atom. The standard InChI is InChI=1S/C29H38N6OS/c1-34-22-3-4-23(34)15-21(14-22)32-26(36)13-20-16-29(17-20)6-10-35(11-7-29)18-19-2-5-25-24(12-19)33-27-28(37-25)31-9-8-30-27/h2,5,8-9,12,20-23H,3-4,6-7,10-11,13-18H2,1H3,(H,30,33)(H,32,36). The number of anilines is 2. The summed E-state index contributed by atoms with van der Waals surface area (Å²) in [4.78, 5) is 28.0. The molecule has 1 aliphatic carbocycles. The molecule has 3 saturated heterocycles. The number of piperidine rings is 2. The van der Waals surface area contributed by atoms with Crippen molar-refractivity contribution in [2.45, 2.75) is 92.4 Å². The zero-order valence-electron chi connectivity index (χ0n) is 21.8. The number of rotatable bonds is 5. The largest absolute Gasteiger partial charge is 0.353 e. The van der Waals surface area contributed by atoms with Crippen molar-refractivity contribution in [3.05, 3.63) is 36.2 Å². The molecule has 1 amide bonds. The molecule has 2 aromatic rings. The fourth-order valence-electron chi connectivity index (χ4n) is 7.82. The number of benzene rings is 1. The highest BCUT2D eigenvalue weighted by Crippen LogP contribution is 2.54. The fraction of sp³-hybridized carbons (Fsp3) is 0.621. The van der Waals surface area contributed by atoms with Crippen LogP contribution in [0.4, 0.5) is 11.5 Å². The van der Waals surface area contributed by atoms with E-state index in [-0.39, 0.29) is 0 Å². The first-order valence-corrected chi connectivity index (χ1v) is 15.0. The average molecular weight is 519 g/mol. The van der Waals surface area contributed by atoms with Gasteiger partial charge in [0.1, 0.15) is 5.03 Å². The van der Waals surface area contributed by atoms with Crippen molar-refractivity contribution in [3.8, 4) is 0 Å². The van der Waals surface area contributed by atoms with E-state index in [9.17, 15) is 4.79 Å². The highest BCUT2D eigenvalue weighted by Gasteiger charge is 2.46. The highest BCUT2D eigenvalue weighted by molar-refractivity contribution is 7.99. The summed E-state index contributed by atoms with van der Waals surface area (Å²) >= 11 is 1.68. The van der Waals surface area contributed by atoms with E-state index >= 15 is 0 Å². The van der Waals surface area contributed by atoms with Crippen molar-refractivity contribution in [3.63, 3.8) is 0 Å². The zero-order chi connectivity index (χ0) is 25.0.